The van der Waals surface area contributed by atoms with E-state index in [2.05, 4.69) is 115 Å². The van der Waals surface area contributed by atoms with Crippen molar-refractivity contribution in [3.63, 3.8) is 0 Å². The molecule has 0 saturated carbocycles. The summed E-state index contributed by atoms with van der Waals surface area (Å²) in [6.45, 7) is 0. The zero-order valence-corrected chi connectivity index (χ0v) is 30.6. The summed E-state index contributed by atoms with van der Waals surface area (Å²) in [4.78, 5) is 12.2. The molecule has 0 aliphatic heterocycles. The number of thiophene rings is 9. The van der Waals surface area contributed by atoms with Gasteiger partial charge in [0, 0.05) is 78.0 Å². The molecule has 0 spiro atoms. The van der Waals surface area contributed by atoms with Gasteiger partial charge in [-0.2, -0.15) is 0 Å². The molecule has 0 bridgehead atoms. The topological polar surface area (TPSA) is 0 Å². The van der Waals surface area contributed by atoms with Crippen LogP contribution in [0.5, 0.6) is 0 Å². The minimum Gasteiger partial charge on any atom is -0.144 e. The molecule has 9 aromatic rings. The Bertz CT molecular complexity index is 2170. The van der Waals surface area contributed by atoms with E-state index < -0.39 is 0 Å². The fraction of sp³-hybridized carbons (Fsp3) is 0. The predicted octanol–water partition coefficient (Wildman–Crippen LogP) is 15.6. The van der Waals surface area contributed by atoms with Crippen molar-refractivity contribution in [2.45, 2.75) is 0 Å². The lowest BCUT2D eigenvalue weighted by Crippen LogP contribution is -1.83. The van der Waals surface area contributed by atoms with Gasteiger partial charge in [0.25, 0.3) is 0 Å². The van der Waals surface area contributed by atoms with E-state index in [0.717, 1.165) is 0 Å². The highest BCUT2D eigenvalue weighted by Crippen LogP contribution is 2.53. The average Bonchev–Trinajstić information content (AvgIpc) is 3.93. The first-order chi connectivity index (χ1) is 22.3. The molecule has 0 radical (unpaired) electrons. The quantitative estimate of drug-likeness (QED) is 0.146. The number of hydrogen-bond acceptors (Lipinski definition) is 9. The lowest BCUT2D eigenvalue weighted by Gasteiger charge is -2.10. The second kappa shape index (κ2) is 12.2. The lowest BCUT2D eigenvalue weighted by molar-refractivity contribution is 1.78. The van der Waals surface area contributed by atoms with Crippen LogP contribution in [0.1, 0.15) is 0 Å². The van der Waals surface area contributed by atoms with E-state index in [4.69, 9.17) is 0 Å². The van der Waals surface area contributed by atoms with E-state index in [1.165, 1.54) is 82.8 Å². The van der Waals surface area contributed by atoms with Crippen LogP contribution in [0, 0.1) is 0 Å². The smallest absolute Gasteiger partial charge is 0.0529 e. The molecule has 0 saturated heterocycles. The third kappa shape index (κ3) is 4.97. The van der Waals surface area contributed by atoms with Crippen LogP contribution >= 0.6 is 102 Å². The summed E-state index contributed by atoms with van der Waals surface area (Å²) in [6, 6.07) is 24.9. The second-order valence-corrected chi connectivity index (χ2v) is 18.4. The van der Waals surface area contributed by atoms with E-state index in [-0.39, 0.29) is 0 Å². The molecular formula is C36H20S9. The molecule has 9 heterocycles. The maximum absolute atomic E-state index is 2.33. The van der Waals surface area contributed by atoms with Gasteiger partial charge >= 0.3 is 0 Å². The number of hydrogen-bond donors (Lipinski definition) is 0. The van der Waals surface area contributed by atoms with Crippen LogP contribution in [0.2, 0.25) is 0 Å². The highest BCUT2D eigenvalue weighted by atomic mass is 32.1. The largest absolute Gasteiger partial charge is 0.144 e. The summed E-state index contributed by atoms with van der Waals surface area (Å²) < 4.78 is 0. The maximum Gasteiger partial charge on any atom is 0.0529 e. The molecule has 0 fully saturated rings. The van der Waals surface area contributed by atoms with Crippen LogP contribution in [0.3, 0.4) is 0 Å². The van der Waals surface area contributed by atoms with Crippen molar-refractivity contribution in [1.82, 2.24) is 0 Å². The van der Waals surface area contributed by atoms with E-state index >= 15 is 0 Å². The van der Waals surface area contributed by atoms with Crippen LogP contribution in [0.15, 0.2) is 115 Å². The van der Waals surface area contributed by atoms with Crippen LogP contribution in [-0.4, -0.2) is 0 Å². The summed E-state index contributed by atoms with van der Waals surface area (Å²) in [6.07, 6.45) is 0. The summed E-state index contributed by atoms with van der Waals surface area (Å²) in [7, 11) is 0. The van der Waals surface area contributed by atoms with Crippen molar-refractivity contribution in [2.24, 2.45) is 0 Å². The monoisotopic (exact) mass is 740 g/mol. The zero-order valence-electron chi connectivity index (χ0n) is 23.2. The van der Waals surface area contributed by atoms with E-state index in [9.17, 15) is 0 Å². The van der Waals surface area contributed by atoms with Gasteiger partial charge in [0.05, 0.1) is 4.88 Å². The Morgan fingerprint density at radius 2 is 0.511 bits per heavy atom. The van der Waals surface area contributed by atoms with E-state index in [1.54, 1.807) is 0 Å². The molecule has 9 rings (SSSR count). The minimum absolute atomic E-state index is 1.33. The normalized spacial score (nSPS) is 11.6. The average molecular weight is 741 g/mol. The highest BCUT2D eigenvalue weighted by Gasteiger charge is 2.24. The first-order valence-corrected chi connectivity index (χ1v) is 21.9. The summed E-state index contributed by atoms with van der Waals surface area (Å²) in [5.74, 6) is 0. The van der Waals surface area contributed by atoms with Gasteiger partial charge in [-0.05, 0) is 103 Å². The molecule has 0 aliphatic carbocycles. The first-order valence-electron chi connectivity index (χ1n) is 14.0. The van der Waals surface area contributed by atoms with Gasteiger partial charge in [-0.3, -0.25) is 0 Å². The molecule has 0 aromatic carbocycles. The molecule has 0 amide bonds. The van der Waals surface area contributed by atoms with Gasteiger partial charge in [-0.25, -0.2) is 0 Å². The predicted molar refractivity (Wildman–Crippen MR) is 211 cm³/mol. The molecule has 0 aliphatic rings. The molecule has 0 N–H and O–H groups in total. The minimum atomic E-state index is 1.33. The molecule has 45 heavy (non-hydrogen) atoms. The fourth-order valence-electron chi connectivity index (χ4n) is 5.71. The molecule has 9 heteroatoms. The van der Waals surface area contributed by atoms with Crippen molar-refractivity contribution in [1.29, 1.82) is 0 Å². The molecule has 0 atom stereocenters. The Morgan fingerprint density at radius 1 is 0.222 bits per heavy atom. The van der Waals surface area contributed by atoms with Crippen molar-refractivity contribution < 1.29 is 0 Å². The molecule has 0 nitrogen and oxygen atoms in total. The van der Waals surface area contributed by atoms with Crippen LogP contribution in [-0.2, 0) is 0 Å². The van der Waals surface area contributed by atoms with Crippen molar-refractivity contribution >= 4 is 102 Å². The van der Waals surface area contributed by atoms with Crippen molar-refractivity contribution in [3.05, 3.63) is 115 Å². The summed E-state index contributed by atoms with van der Waals surface area (Å²) in [5, 5.41) is 20.1. The number of rotatable bonds is 8. The van der Waals surface area contributed by atoms with E-state index in [1.807, 2.05) is 102 Å². The zero-order chi connectivity index (χ0) is 29.7. The lowest BCUT2D eigenvalue weighted by atomic mass is 10.0. The molecule has 218 valence electrons. The summed E-state index contributed by atoms with van der Waals surface area (Å²) in [5.41, 5.74) is 9.37. The Balaban J connectivity index is 1.12. The standard InChI is InChI=1S/C36H20S9/c1-3-28(37-12-1)21-5-14-39-30(21)22-6-15-40-31(22)23-7-16-41-32(23)24-8-17-42-33(24)25-9-18-43-34(25)26-10-19-44-35(26)27-11-20-45-36(27)29-4-2-13-38-29/h1-20H. The van der Waals surface area contributed by atoms with Crippen LogP contribution in [0.4, 0.5) is 0 Å². The Hall–Kier alpha value is -2.70. The summed E-state index contributed by atoms with van der Waals surface area (Å²) >= 11 is 16.6. The van der Waals surface area contributed by atoms with Gasteiger partial charge in [0.1, 0.15) is 0 Å². The Labute approximate surface area is 297 Å². The van der Waals surface area contributed by atoms with Gasteiger partial charge in [0.15, 0.2) is 0 Å². The molecule has 9 aromatic heterocycles. The van der Waals surface area contributed by atoms with Crippen LogP contribution < -0.4 is 0 Å². The molecule has 0 unspecified atom stereocenters. The SMILES string of the molecule is c1csc(-c2ccsc2-c2ccsc2-c2ccsc2-c2ccsc2-c2ccsc2-c2ccsc2-c2ccsc2-c2cccs2)c1. The van der Waals surface area contributed by atoms with Gasteiger partial charge in [-0.1, -0.05) is 12.1 Å². The van der Waals surface area contributed by atoms with E-state index in [0.29, 0.717) is 0 Å². The third-order valence-corrected chi connectivity index (χ3v) is 16.2. The first kappa shape index (κ1) is 28.5. The van der Waals surface area contributed by atoms with Crippen LogP contribution in [0.25, 0.3) is 82.8 Å². The fourth-order valence-corrected chi connectivity index (χ4v) is 14.3. The highest BCUT2D eigenvalue weighted by molar-refractivity contribution is 7.22. The van der Waals surface area contributed by atoms with Gasteiger partial charge in [0.2, 0.25) is 0 Å². The molecular weight excluding hydrogens is 721 g/mol. The van der Waals surface area contributed by atoms with Crippen molar-refractivity contribution in [3.8, 4) is 82.8 Å². The van der Waals surface area contributed by atoms with Gasteiger partial charge in [-0.15, -0.1) is 102 Å². The second-order valence-electron chi connectivity index (χ2n) is 10.1. The third-order valence-electron chi connectivity index (χ3n) is 7.66. The Kier molecular flexibility index (Phi) is 7.70. The maximum atomic E-state index is 2.33. The van der Waals surface area contributed by atoms with Crippen molar-refractivity contribution in [2.75, 3.05) is 0 Å². The van der Waals surface area contributed by atoms with Gasteiger partial charge < -0.3 is 0 Å². The Morgan fingerprint density at radius 3 is 0.867 bits per heavy atom.